The van der Waals surface area contributed by atoms with Crippen LogP contribution >= 0.6 is 0 Å². The Balaban J connectivity index is 2.34. The molecule has 104 valence electrons. The van der Waals surface area contributed by atoms with E-state index in [-0.39, 0.29) is 6.10 Å². The van der Waals surface area contributed by atoms with Gasteiger partial charge in [0.2, 0.25) is 0 Å². The summed E-state index contributed by atoms with van der Waals surface area (Å²) in [5, 5.41) is 13.3. The molecule has 0 aliphatic carbocycles. The van der Waals surface area contributed by atoms with Crippen LogP contribution in [-0.4, -0.2) is 27.3 Å². The van der Waals surface area contributed by atoms with E-state index in [4.69, 9.17) is 0 Å². The molecule has 0 bridgehead atoms. The Kier molecular flexibility index (Phi) is 6.98. The molecule has 1 unspecified atom stereocenters. The van der Waals surface area contributed by atoms with Gasteiger partial charge >= 0.3 is 0 Å². The molecule has 4 nitrogen and oxygen atoms in total. The van der Waals surface area contributed by atoms with Gasteiger partial charge in [-0.3, -0.25) is 0 Å². The van der Waals surface area contributed by atoms with E-state index in [0.717, 1.165) is 32.4 Å². The van der Waals surface area contributed by atoms with Crippen molar-refractivity contribution in [2.75, 3.05) is 6.54 Å². The van der Waals surface area contributed by atoms with Gasteiger partial charge in [0, 0.05) is 25.8 Å². The molecule has 0 radical (unpaired) electrons. The van der Waals surface area contributed by atoms with Gasteiger partial charge in [-0.15, -0.1) is 0 Å². The van der Waals surface area contributed by atoms with Gasteiger partial charge in [0.05, 0.1) is 18.1 Å². The molecular formula is C14H27N3O. The molecule has 1 rings (SSSR count). The minimum atomic E-state index is -0.248. The molecule has 0 fully saturated rings. The highest BCUT2D eigenvalue weighted by Crippen LogP contribution is 2.12. The molecule has 0 aliphatic heterocycles. The molecule has 0 aromatic carbocycles. The molecule has 1 heterocycles. The first kappa shape index (κ1) is 15.2. The lowest BCUT2D eigenvalue weighted by atomic mass is 9.96. The van der Waals surface area contributed by atoms with Crippen LogP contribution in [0.1, 0.15) is 45.7 Å². The van der Waals surface area contributed by atoms with Crippen molar-refractivity contribution in [1.82, 2.24) is 14.9 Å². The van der Waals surface area contributed by atoms with Crippen molar-refractivity contribution < 1.29 is 5.11 Å². The fraction of sp³-hybridized carbons (Fsp3) is 0.786. The number of rotatable bonds is 9. The van der Waals surface area contributed by atoms with Crippen molar-refractivity contribution >= 4 is 0 Å². The SMILES string of the molecule is CCCn1cncc1CNCC(O)C(CC)CC. The smallest absolute Gasteiger partial charge is 0.0948 e. The normalized spacial score (nSPS) is 13.2. The second kappa shape index (κ2) is 8.27. The van der Waals surface area contributed by atoms with E-state index in [1.54, 1.807) is 0 Å². The Morgan fingerprint density at radius 3 is 2.67 bits per heavy atom. The number of aliphatic hydroxyl groups excluding tert-OH is 1. The zero-order valence-electron chi connectivity index (χ0n) is 11.9. The molecule has 18 heavy (non-hydrogen) atoms. The van der Waals surface area contributed by atoms with Gasteiger partial charge in [-0.25, -0.2) is 4.98 Å². The third kappa shape index (κ3) is 4.42. The lowest BCUT2D eigenvalue weighted by Gasteiger charge is -2.20. The number of aliphatic hydroxyl groups is 1. The van der Waals surface area contributed by atoms with Crippen LogP contribution in [0, 0.1) is 5.92 Å². The Bertz CT molecular complexity index is 321. The second-order valence-electron chi connectivity index (χ2n) is 4.85. The Morgan fingerprint density at radius 1 is 1.33 bits per heavy atom. The van der Waals surface area contributed by atoms with E-state index >= 15 is 0 Å². The number of nitrogens with one attached hydrogen (secondary N) is 1. The van der Waals surface area contributed by atoms with E-state index in [2.05, 4.69) is 35.6 Å². The van der Waals surface area contributed by atoms with E-state index in [9.17, 15) is 5.11 Å². The topological polar surface area (TPSA) is 50.1 Å². The fourth-order valence-electron chi connectivity index (χ4n) is 2.29. The highest BCUT2D eigenvalue weighted by Gasteiger charge is 2.14. The lowest BCUT2D eigenvalue weighted by molar-refractivity contribution is 0.101. The molecule has 0 saturated heterocycles. The number of nitrogens with zero attached hydrogens (tertiary/aromatic N) is 2. The Morgan fingerprint density at radius 2 is 2.06 bits per heavy atom. The average Bonchev–Trinajstić information content (AvgIpc) is 2.79. The van der Waals surface area contributed by atoms with Crippen molar-refractivity contribution in [1.29, 1.82) is 0 Å². The summed E-state index contributed by atoms with van der Waals surface area (Å²) in [5.41, 5.74) is 1.19. The molecule has 1 atom stereocenters. The van der Waals surface area contributed by atoms with Crippen LogP contribution in [-0.2, 0) is 13.1 Å². The molecule has 2 N–H and O–H groups in total. The van der Waals surface area contributed by atoms with Crippen LogP contribution in [0.2, 0.25) is 0 Å². The maximum absolute atomic E-state index is 10.0. The summed E-state index contributed by atoms with van der Waals surface area (Å²) >= 11 is 0. The molecule has 1 aromatic heterocycles. The highest BCUT2D eigenvalue weighted by atomic mass is 16.3. The van der Waals surface area contributed by atoms with E-state index in [0.29, 0.717) is 12.5 Å². The first-order valence-electron chi connectivity index (χ1n) is 7.10. The molecule has 4 heteroatoms. The van der Waals surface area contributed by atoms with Crippen molar-refractivity contribution in [2.45, 2.75) is 59.2 Å². The van der Waals surface area contributed by atoms with Crippen LogP contribution in [0.5, 0.6) is 0 Å². The van der Waals surface area contributed by atoms with Gasteiger partial charge in [0.1, 0.15) is 0 Å². The zero-order chi connectivity index (χ0) is 13.4. The summed E-state index contributed by atoms with van der Waals surface area (Å²) in [6, 6.07) is 0. The highest BCUT2D eigenvalue weighted by molar-refractivity contribution is 4.97. The predicted octanol–water partition coefficient (Wildman–Crippen LogP) is 2.18. The quantitative estimate of drug-likeness (QED) is 0.709. The summed E-state index contributed by atoms with van der Waals surface area (Å²) in [5.74, 6) is 0.401. The minimum absolute atomic E-state index is 0.248. The van der Waals surface area contributed by atoms with Gasteiger partial charge in [-0.2, -0.15) is 0 Å². The van der Waals surface area contributed by atoms with E-state index in [1.807, 2.05) is 12.5 Å². The zero-order valence-corrected chi connectivity index (χ0v) is 11.9. The Labute approximate surface area is 110 Å². The average molecular weight is 253 g/mol. The molecule has 0 spiro atoms. The summed E-state index contributed by atoms with van der Waals surface area (Å²) in [6.45, 7) is 8.86. The maximum atomic E-state index is 10.0. The number of hydrogen-bond acceptors (Lipinski definition) is 3. The summed E-state index contributed by atoms with van der Waals surface area (Å²) in [6.07, 6.45) is 6.70. The van der Waals surface area contributed by atoms with Crippen molar-refractivity contribution in [3.63, 3.8) is 0 Å². The van der Waals surface area contributed by atoms with Gasteiger partial charge < -0.3 is 15.0 Å². The first-order valence-corrected chi connectivity index (χ1v) is 7.10. The van der Waals surface area contributed by atoms with Gasteiger partial charge in [0.25, 0.3) is 0 Å². The summed E-state index contributed by atoms with van der Waals surface area (Å²) in [7, 11) is 0. The van der Waals surface area contributed by atoms with Crippen LogP contribution in [0.3, 0.4) is 0 Å². The lowest BCUT2D eigenvalue weighted by Crippen LogP contribution is -2.32. The Hall–Kier alpha value is -0.870. The summed E-state index contributed by atoms with van der Waals surface area (Å²) in [4.78, 5) is 4.17. The van der Waals surface area contributed by atoms with Crippen molar-refractivity contribution in [3.8, 4) is 0 Å². The van der Waals surface area contributed by atoms with E-state index < -0.39 is 0 Å². The van der Waals surface area contributed by atoms with Crippen LogP contribution in [0.4, 0.5) is 0 Å². The predicted molar refractivity (Wildman–Crippen MR) is 74.3 cm³/mol. The van der Waals surface area contributed by atoms with Crippen LogP contribution in [0.25, 0.3) is 0 Å². The van der Waals surface area contributed by atoms with Crippen LogP contribution < -0.4 is 5.32 Å². The molecular weight excluding hydrogens is 226 g/mol. The fourth-order valence-corrected chi connectivity index (χ4v) is 2.29. The third-order valence-corrected chi connectivity index (χ3v) is 3.52. The van der Waals surface area contributed by atoms with Gasteiger partial charge in [-0.05, 0) is 12.3 Å². The molecule has 1 aromatic rings. The number of aryl methyl sites for hydroxylation is 1. The number of aromatic nitrogens is 2. The largest absolute Gasteiger partial charge is 0.392 e. The maximum Gasteiger partial charge on any atom is 0.0948 e. The van der Waals surface area contributed by atoms with Crippen molar-refractivity contribution in [3.05, 3.63) is 18.2 Å². The van der Waals surface area contributed by atoms with Gasteiger partial charge in [-0.1, -0.05) is 33.6 Å². The first-order chi connectivity index (χ1) is 8.72. The molecule has 0 saturated carbocycles. The minimum Gasteiger partial charge on any atom is -0.392 e. The standard InChI is InChI=1S/C14H27N3O/c1-4-7-17-11-16-9-13(17)8-15-10-14(18)12(5-2)6-3/h9,11-12,14-15,18H,4-8,10H2,1-3H3. The van der Waals surface area contributed by atoms with E-state index in [1.165, 1.54) is 5.69 Å². The summed E-state index contributed by atoms with van der Waals surface area (Å²) < 4.78 is 2.16. The molecule has 0 amide bonds. The third-order valence-electron chi connectivity index (χ3n) is 3.52. The second-order valence-corrected chi connectivity index (χ2v) is 4.85. The number of imidazole rings is 1. The van der Waals surface area contributed by atoms with Crippen LogP contribution in [0.15, 0.2) is 12.5 Å². The molecule has 0 aliphatic rings. The van der Waals surface area contributed by atoms with Gasteiger partial charge in [0.15, 0.2) is 0 Å². The van der Waals surface area contributed by atoms with Crippen molar-refractivity contribution in [2.24, 2.45) is 5.92 Å². The monoisotopic (exact) mass is 253 g/mol. The number of hydrogen-bond donors (Lipinski definition) is 2.